The maximum atomic E-state index is 12.3. The van der Waals surface area contributed by atoms with E-state index in [9.17, 15) is 4.79 Å². The van der Waals surface area contributed by atoms with E-state index in [-0.39, 0.29) is 18.0 Å². The minimum Gasteiger partial charge on any atom is -0.469 e. The fraction of sp³-hybridized carbons (Fsp3) is 0.483. The highest BCUT2D eigenvalue weighted by atomic mass is 79.9. The number of methoxy groups -OCH3 is 1. The molecule has 0 spiro atoms. The molecule has 3 heterocycles. The van der Waals surface area contributed by atoms with Gasteiger partial charge in [0.05, 0.1) is 37.0 Å². The minimum absolute atomic E-state index is 0.146. The monoisotopic (exact) mass is 586 g/mol. The van der Waals surface area contributed by atoms with Crippen LogP contribution in [0.4, 0.5) is 5.82 Å². The summed E-state index contributed by atoms with van der Waals surface area (Å²) in [7, 11) is 1.41. The van der Waals surface area contributed by atoms with Crippen LogP contribution in [0.3, 0.4) is 0 Å². The first-order valence-electron chi connectivity index (χ1n) is 12.8. The van der Waals surface area contributed by atoms with Gasteiger partial charge in [0.25, 0.3) is 0 Å². The number of carbonyl (C=O) groups is 1. The van der Waals surface area contributed by atoms with Crippen LogP contribution in [0.25, 0.3) is 16.9 Å². The van der Waals surface area contributed by atoms with E-state index < -0.39 is 5.60 Å². The number of piperidine rings is 1. The third-order valence-corrected chi connectivity index (χ3v) is 6.71. The van der Waals surface area contributed by atoms with Crippen LogP contribution in [0.5, 0.6) is 0 Å². The summed E-state index contributed by atoms with van der Waals surface area (Å²) in [5, 5.41) is 13.4. The summed E-state index contributed by atoms with van der Waals surface area (Å²) in [5.41, 5.74) is 3.53. The Morgan fingerprint density at radius 1 is 1.26 bits per heavy atom. The van der Waals surface area contributed by atoms with Crippen molar-refractivity contribution in [1.82, 2.24) is 14.6 Å². The van der Waals surface area contributed by atoms with Crippen molar-refractivity contribution >= 4 is 33.4 Å². The van der Waals surface area contributed by atoms with Crippen LogP contribution in [0.15, 0.2) is 47.5 Å². The fourth-order valence-corrected chi connectivity index (χ4v) is 4.67. The highest BCUT2D eigenvalue weighted by molar-refractivity contribution is 9.10. The molecule has 1 saturated heterocycles. The molecule has 1 N–H and O–H groups in total. The Morgan fingerprint density at radius 2 is 1.92 bits per heavy atom. The van der Waals surface area contributed by atoms with Gasteiger partial charge >= 0.3 is 5.97 Å². The predicted octanol–water partition coefficient (Wildman–Crippen LogP) is 5.52. The number of aromatic nitrogens is 3. The number of aryl methyl sites for hydroxylation is 1. The summed E-state index contributed by atoms with van der Waals surface area (Å²) in [6, 6.07) is 10.0. The van der Waals surface area contributed by atoms with Gasteiger partial charge in [0, 0.05) is 40.4 Å². The lowest BCUT2D eigenvalue weighted by Crippen LogP contribution is -2.45. The summed E-state index contributed by atoms with van der Waals surface area (Å²) in [5.74, 6) is 0.603. The molecule has 0 bridgehead atoms. The van der Waals surface area contributed by atoms with E-state index in [2.05, 4.69) is 34.3 Å². The molecule has 206 valence electrons. The second kappa shape index (κ2) is 12.4. The summed E-state index contributed by atoms with van der Waals surface area (Å²) in [6.45, 7) is 15.2. The molecule has 2 aromatic heterocycles. The van der Waals surface area contributed by atoms with Crippen LogP contribution in [0.2, 0.25) is 0 Å². The number of fused-ring (bicyclic) bond motifs is 1. The number of halogens is 1. The number of benzene rings is 1. The van der Waals surface area contributed by atoms with Gasteiger partial charge in [0.1, 0.15) is 5.82 Å². The Kier molecular flexibility index (Phi) is 9.73. The summed E-state index contributed by atoms with van der Waals surface area (Å²) < 4.78 is 13.9. The van der Waals surface area contributed by atoms with E-state index >= 15 is 0 Å². The molecular formula is C29H39BrN4O4. The van der Waals surface area contributed by atoms with Gasteiger partial charge in [-0.2, -0.15) is 9.61 Å². The fourth-order valence-electron chi connectivity index (χ4n) is 4.27. The van der Waals surface area contributed by atoms with Crippen molar-refractivity contribution < 1.29 is 19.4 Å². The largest absolute Gasteiger partial charge is 0.469 e. The van der Waals surface area contributed by atoms with Crippen molar-refractivity contribution in [2.45, 2.75) is 65.1 Å². The first kappa shape index (κ1) is 29.8. The van der Waals surface area contributed by atoms with Crippen molar-refractivity contribution in [2.24, 2.45) is 0 Å². The summed E-state index contributed by atoms with van der Waals surface area (Å²) >= 11 is 3.54. The average molecular weight is 588 g/mol. The molecule has 1 aliphatic rings. The van der Waals surface area contributed by atoms with E-state index in [0.717, 1.165) is 64.4 Å². The summed E-state index contributed by atoms with van der Waals surface area (Å²) in [4.78, 5) is 19.3. The quantitative estimate of drug-likeness (QED) is 0.288. The molecule has 4 rings (SSSR count). The van der Waals surface area contributed by atoms with Crippen LogP contribution in [0.1, 0.15) is 51.8 Å². The topological polar surface area (TPSA) is 89.2 Å². The average Bonchev–Trinajstić information content (AvgIpc) is 3.26. The zero-order valence-corrected chi connectivity index (χ0v) is 24.8. The van der Waals surface area contributed by atoms with Crippen molar-refractivity contribution in [2.75, 3.05) is 31.7 Å². The lowest BCUT2D eigenvalue weighted by atomic mass is 9.93. The Bertz CT molecular complexity index is 1270. The standard InChI is InChI=1S/C25H29BrN4O3.C4H10O/c1-5-13-33-25(3)9-11-29(12-10-25)24-20(15-23(31)32-4)17(2)27-22-16-21(28-30(22)24)18-7-6-8-19(26)14-18;1-4(2,3)5/h5-8,14,16H,1,9-13,15H2,2-4H3;5H,1-3H3. The van der Waals surface area contributed by atoms with E-state index in [4.69, 9.17) is 24.7 Å². The molecule has 9 heteroatoms. The number of hydrogen-bond acceptors (Lipinski definition) is 7. The third kappa shape index (κ3) is 7.88. The molecule has 1 fully saturated rings. The van der Waals surface area contributed by atoms with Crippen molar-refractivity contribution in [3.05, 3.63) is 58.7 Å². The third-order valence-electron chi connectivity index (χ3n) is 6.22. The number of aliphatic hydroxyl groups is 1. The number of rotatable bonds is 7. The van der Waals surface area contributed by atoms with Crippen LogP contribution in [0, 0.1) is 6.92 Å². The molecule has 0 unspecified atom stereocenters. The molecule has 38 heavy (non-hydrogen) atoms. The number of hydrogen-bond donors (Lipinski definition) is 1. The Labute approximate surface area is 233 Å². The van der Waals surface area contributed by atoms with Crippen LogP contribution in [-0.4, -0.2) is 63.7 Å². The van der Waals surface area contributed by atoms with E-state index in [1.54, 1.807) is 26.8 Å². The van der Waals surface area contributed by atoms with E-state index in [1.165, 1.54) is 7.11 Å². The Morgan fingerprint density at radius 3 is 2.50 bits per heavy atom. The number of anilines is 1. The number of carbonyl (C=O) groups excluding carboxylic acids is 1. The van der Waals surface area contributed by atoms with Gasteiger partial charge < -0.3 is 19.5 Å². The molecular weight excluding hydrogens is 548 g/mol. The van der Waals surface area contributed by atoms with Crippen LogP contribution in [-0.2, 0) is 20.7 Å². The molecule has 0 atom stereocenters. The normalized spacial score (nSPS) is 15.1. The SMILES string of the molecule is C=CCOC1(C)CCN(c2c(CC(=O)OC)c(C)nc3cc(-c4cccc(Br)c4)nn23)CC1.CC(C)(C)O. The number of ether oxygens (including phenoxy) is 2. The van der Waals surface area contributed by atoms with Crippen LogP contribution < -0.4 is 4.90 Å². The smallest absolute Gasteiger partial charge is 0.310 e. The number of nitrogens with zero attached hydrogens (tertiary/aromatic N) is 4. The highest BCUT2D eigenvalue weighted by Gasteiger charge is 2.33. The predicted molar refractivity (Wildman–Crippen MR) is 155 cm³/mol. The van der Waals surface area contributed by atoms with Crippen molar-refractivity contribution in [3.8, 4) is 11.3 Å². The maximum absolute atomic E-state index is 12.3. The molecule has 0 saturated carbocycles. The molecule has 1 aliphatic heterocycles. The zero-order valence-electron chi connectivity index (χ0n) is 23.3. The van der Waals surface area contributed by atoms with Crippen molar-refractivity contribution in [3.63, 3.8) is 0 Å². The van der Waals surface area contributed by atoms with Gasteiger partial charge in [0.2, 0.25) is 0 Å². The van der Waals surface area contributed by atoms with Gasteiger partial charge in [-0.1, -0.05) is 34.1 Å². The van der Waals surface area contributed by atoms with Gasteiger partial charge in [-0.05, 0) is 59.6 Å². The Hall–Kier alpha value is -2.75. The van der Waals surface area contributed by atoms with Crippen molar-refractivity contribution in [1.29, 1.82) is 0 Å². The second-order valence-corrected chi connectivity index (χ2v) is 11.7. The first-order chi connectivity index (χ1) is 17.8. The Balaban J connectivity index is 0.000000732. The van der Waals surface area contributed by atoms with Gasteiger partial charge in [-0.15, -0.1) is 6.58 Å². The molecule has 8 nitrogen and oxygen atoms in total. The maximum Gasteiger partial charge on any atom is 0.310 e. The van der Waals surface area contributed by atoms with Gasteiger partial charge in [-0.25, -0.2) is 4.98 Å². The van der Waals surface area contributed by atoms with E-state index in [1.807, 2.05) is 41.8 Å². The van der Waals surface area contributed by atoms with Gasteiger partial charge in [0.15, 0.2) is 5.65 Å². The highest BCUT2D eigenvalue weighted by Crippen LogP contribution is 2.33. The van der Waals surface area contributed by atoms with Crippen LogP contribution >= 0.6 is 15.9 Å². The molecule has 0 aliphatic carbocycles. The first-order valence-corrected chi connectivity index (χ1v) is 13.6. The second-order valence-electron chi connectivity index (χ2n) is 10.8. The molecule has 0 amide bonds. The summed E-state index contributed by atoms with van der Waals surface area (Å²) in [6.07, 6.45) is 3.66. The lowest BCUT2D eigenvalue weighted by molar-refractivity contribution is -0.139. The van der Waals surface area contributed by atoms with Gasteiger partial charge in [-0.3, -0.25) is 4.79 Å². The lowest BCUT2D eigenvalue weighted by Gasteiger charge is -2.40. The zero-order chi connectivity index (χ0) is 28.1. The minimum atomic E-state index is -0.500. The molecule has 3 aromatic rings. The number of esters is 1. The van der Waals surface area contributed by atoms with E-state index in [0.29, 0.717) is 6.61 Å². The molecule has 1 aromatic carbocycles. The molecule has 0 radical (unpaired) electrons.